The summed E-state index contributed by atoms with van der Waals surface area (Å²) in [5.74, 6) is 1.61. The zero-order valence-corrected chi connectivity index (χ0v) is 17.2. The first kappa shape index (κ1) is 19.3. The van der Waals surface area contributed by atoms with Crippen LogP contribution in [-0.4, -0.2) is 17.1 Å². The highest BCUT2D eigenvalue weighted by molar-refractivity contribution is 6.36. The van der Waals surface area contributed by atoms with Gasteiger partial charge in [-0.05, 0) is 53.1 Å². The lowest BCUT2D eigenvalue weighted by molar-refractivity contribution is 0.415. The SMILES string of the molecule is COc1ccc(-c2ccc(C=Cc3ncc(-c4ccc(Cl)cc4Cl)[nH]3)cc2)cc1. The van der Waals surface area contributed by atoms with Crippen LogP contribution in [0.3, 0.4) is 0 Å². The van der Waals surface area contributed by atoms with Crippen molar-refractivity contribution in [1.82, 2.24) is 9.97 Å². The van der Waals surface area contributed by atoms with Crippen molar-refractivity contribution in [2.24, 2.45) is 0 Å². The van der Waals surface area contributed by atoms with E-state index in [0.29, 0.717) is 10.0 Å². The molecule has 0 spiro atoms. The monoisotopic (exact) mass is 420 g/mol. The molecule has 1 heterocycles. The molecule has 0 aliphatic rings. The van der Waals surface area contributed by atoms with E-state index in [1.807, 2.05) is 36.4 Å². The number of benzene rings is 3. The van der Waals surface area contributed by atoms with Crippen LogP contribution in [-0.2, 0) is 0 Å². The number of hydrogen-bond donors (Lipinski definition) is 1. The van der Waals surface area contributed by atoms with Crippen molar-refractivity contribution in [1.29, 1.82) is 0 Å². The smallest absolute Gasteiger partial charge is 0.130 e. The lowest BCUT2D eigenvalue weighted by atomic mass is 10.0. The summed E-state index contributed by atoms with van der Waals surface area (Å²) < 4.78 is 5.21. The van der Waals surface area contributed by atoms with Crippen LogP contribution in [0.5, 0.6) is 5.75 Å². The number of nitrogens with zero attached hydrogens (tertiary/aromatic N) is 1. The van der Waals surface area contributed by atoms with Crippen molar-refractivity contribution in [3.8, 4) is 28.1 Å². The molecule has 0 saturated heterocycles. The summed E-state index contributed by atoms with van der Waals surface area (Å²) in [5, 5.41) is 1.20. The van der Waals surface area contributed by atoms with E-state index in [0.717, 1.165) is 39.5 Å². The van der Waals surface area contributed by atoms with Crippen molar-refractivity contribution >= 4 is 35.4 Å². The maximum absolute atomic E-state index is 6.27. The van der Waals surface area contributed by atoms with Crippen LogP contribution < -0.4 is 4.74 Å². The van der Waals surface area contributed by atoms with E-state index in [4.69, 9.17) is 27.9 Å². The van der Waals surface area contributed by atoms with Gasteiger partial charge in [0.15, 0.2) is 0 Å². The second-order valence-corrected chi connectivity index (χ2v) is 7.33. The van der Waals surface area contributed by atoms with Gasteiger partial charge in [-0.25, -0.2) is 4.98 Å². The van der Waals surface area contributed by atoms with Gasteiger partial charge in [0.2, 0.25) is 0 Å². The Morgan fingerprint density at radius 2 is 1.55 bits per heavy atom. The van der Waals surface area contributed by atoms with Gasteiger partial charge in [-0.15, -0.1) is 0 Å². The molecule has 0 atom stereocenters. The Hall–Kier alpha value is -3.01. The molecule has 0 amide bonds. The average Bonchev–Trinajstić information content (AvgIpc) is 3.21. The molecule has 3 aromatic carbocycles. The number of aromatic nitrogens is 2. The Kier molecular flexibility index (Phi) is 5.70. The van der Waals surface area contributed by atoms with Gasteiger partial charge in [0.05, 0.1) is 24.0 Å². The summed E-state index contributed by atoms with van der Waals surface area (Å²) in [6, 6.07) is 21.8. The molecule has 1 aromatic heterocycles. The van der Waals surface area contributed by atoms with Gasteiger partial charge in [-0.1, -0.05) is 65.7 Å². The minimum atomic E-state index is 0.589. The number of H-pyrrole nitrogens is 1. The van der Waals surface area contributed by atoms with Crippen molar-refractivity contribution in [2.45, 2.75) is 0 Å². The Labute approximate surface area is 179 Å². The molecule has 5 heteroatoms. The van der Waals surface area contributed by atoms with Gasteiger partial charge in [0.25, 0.3) is 0 Å². The normalized spacial score (nSPS) is 11.1. The third-order valence-electron chi connectivity index (χ3n) is 4.58. The maximum atomic E-state index is 6.27. The van der Waals surface area contributed by atoms with Gasteiger partial charge < -0.3 is 9.72 Å². The standard InChI is InChI=1S/C24H18Cl2N2O/c1-29-20-10-7-18(8-11-20)17-5-2-16(3-6-17)4-13-24-27-15-23(28-24)21-12-9-19(25)14-22(21)26/h2-15H,1H3,(H,27,28). The lowest BCUT2D eigenvalue weighted by Crippen LogP contribution is -1.83. The predicted molar refractivity (Wildman–Crippen MR) is 121 cm³/mol. The molecule has 1 N–H and O–H groups in total. The summed E-state index contributed by atoms with van der Waals surface area (Å²) in [5.41, 5.74) is 5.11. The van der Waals surface area contributed by atoms with E-state index in [1.54, 1.807) is 19.4 Å². The number of imidazole rings is 1. The summed E-state index contributed by atoms with van der Waals surface area (Å²) >= 11 is 12.2. The summed E-state index contributed by atoms with van der Waals surface area (Å²) in [7, 11) is 1.67. The average molecular weight is 421 g/mol. The van der Waals surface area contributed by atoms with E-state index in [9.17, 15) is 0 Å². The van der Waals surface area contributed by atoms with Crippen molar-refractivity contribution in [3.05, 3.63) is 94.4 Å². The lowest BCUT2D eigenvalue weighted by Gasteiger charge is -2.04. The van der Waals surface area contributed by atoms with E-state index in [1.165, 1.54) is 0 Å². The largest absolute Gasteiger partial charge is 0.497 e. The molecule has 3 nitrogen and oxygen atoms in total. The van der Waals surface area contributed by atoms with Crippen LogP contribution in [0.25, 0.3) is 34.5 Å². The van der Waals surface area contributed by atoms with Crippen LogP contribution in [0.4, 0.5) is 0 Å². The van der Waals surface area contributed by atoms with Gasteiger partial charge in [-0.2, -0.15) is 0 Å². The van der Waals surface area contributed by atoms with Gasteiger partial charge in [0, 0.05) is 10.6 Å². The number of rotatable bonds is 5. The van der Waals surface area contributed by atoms with Crippen molar-refractivity contribution in [2.75, 3.05) is 7.11 Å². The minimum Gasteiger partial charge on any atom is -0.497 e. The molecular weight excluding hydrogens is 403 g/mol. The van der Waals surface area contributed by atoms with Crippen molar-refractivity contribution in [3.63, 3.8) is 0 Å². The highest BCUT2D eigenvalue weighted by Crippen LogP contribution is 2.29. The number of halogens is 2. The molecule has 0 unspecified atom stereocenters. The highest BCUT2D eigenvalue weighted by Gasteiger charge is 2.07. The Morgan fingerprint density at radius 3 is 2.21 bits per heavy atom. The fourth-order valence-corrected chi connectivity index (χ4v) is 3.52. The third-order valence-corrected chi connectivity index (χ3v) is 5.13. The van der Waals surface area contributed by atoms with Crippen molar-refractivity contribution < 1.29 is 4.74 Å². The number of hydrogen-bond acceptors (Lipinski definition) is 2. The second kappa shape index (κ2) is 8.56. The minimum absolute atomic E-state index is 0.589. The number of aromatic amines is 1. The summed E-state index contributed by atoms with van der Waals surface area (Å²) in [6.07, 6.45) is 5.72. The fraction of sp³-hybridized carbons (Fsp3) is 0.0417. The zero-order valence-electron chi connectivity index (χ0n) is 15.7. The first-order valence-corrected chi connectivity index (χ1v) is 9.81. The molecule has 4 rings (SSSR count). The molecule has 0 bridgehead atoms. The quantitative estimate of drug-likeness (QED) is 0.369. The molecule has 0 aliphatic carbocycles. The van der Waals surface area contributed by atoms with Gasteiger partial charge in [-0.3, -0.25) is 0 Å². The van der Waals surface area contributed by atoms with Crippen LogP contribution >= 0.6 is 23.2 Å². The highest BCUT2D eigenvalue weighted by atomic mass is 35.5. The van der Waals surface area contributed by atoms with Crippen LogP contribution in [0, 0.1) is 0 Å². The summed E-state index contributed by atoms with van der Waals surface area (Å²) in [4.78, 5) is 7.68. The predicted octanol–water partition coefficient (Wildman–Crippen LogP) is 7.23. The van der Waals surface area contributed by atoms with Crippen LogP contribution in [0.1, 0.15) is 11.4 Å². The first-order valence-electron chi connectivity index (χ1n) is 9.05. The second-order valence-electron chi connectivity index (χ2n) is 6.49. The Balaban J connectivity index is 1.48. The Bertz CT molecular complexity index is 1150. The molecule has 29 heavy (non-hydrogen) atoms. The topological polar surface area (TPSA) is 37.9 Å². The maximum Gasteiger partial charge on any atom is 0.130 e. The first-order chi connectivity index (χ1) is 14.1. The Morgan fingerprint density at radius 1 is 0.862 bits per heavy atom. The van der Waals surface area contributed by atoms with E-state index in [-0.39, 0.29) is 0 Å². The molecule has 4 aromatic rings. The molecule has 0 radical (unpaired) electrons. The number of nitrogens with one attached hydrogen (secondary N) is 1. The molecule has 0 saturated carbocycles. The van der Waals surface area contributed by atoms with Gasteiger partial charge in [0.1, 0.15) is 11.6 Å². The fourth-order valence-electron chi connectivity index (χ4n) is 3.01. The zero-order chi connectivity index (χ0) is 20.2. The van der Waals surface area contributed by atoms with E-state index in [2.05, 4.69) is 46.4 Å². The van der Waals surface area contributed by atoms with Crippen LogP contribution in [0.2, 0.25) is 10.0 Å². The number of ether oxygens (including phenoxy) is 1. The van der Waals surface area contributed by atoms with Gasteiger partial charge >= 0.3 is 0 Å². The molecule has 0 fully saturated rings. The molecular formula is C24H18Cl2N2O. The van der Waals surface area contributed by atoms with E-state index >= 15 is 0 Å². The molecule has 144 valence electrons. The number of methoxy groups -OCH3 is 1. The summed E-state index contributed by atoms with van der Waals surface area (Å²) in [6.45, 7) is 0. The van der Waals surface area contributed by atoms with E-state index < -0.39 is 0 Å². The third kappa shape index (κ3) is 4.53. The van der Waals surface area contributed by atoms with Crippen LogP contribution in [0.15, 0.2) is 72.9 Å². The molecule has 0 aliphatic heterocycles.